The molecule has 2 rings (SSSR count). The first-order chi connectivity index (χ1) is 7.45. The van der Waals surface area contributed by atoms with Crippen molar-refractivity contribution in [3.05, 3.63) is 0 Å². The minimum absolute atomic E-state index is 0.869. The van der Waals surface area contributed by atoms with Crippen LogP contribution >= 0.6 is 0 Å². The molecule has 0 bridgehead atoms. The van der Waals surface area contributed by atoms with Crippen LogP contribution in [-0.2, 0) is 4.74 Å². The van der Waals surface area contributed by atoms with Gasteiger partial charge in [0.15, 0.2) is 0 Å². The SMILES string of the molecule is C(#CCN1CCOCC1)CN1CCCC1. The van der Waals surface area contributed by atoms with Crippen molar-refractivity contribution in [2.24, 2.45) is 0 Å². The third-order valence-corrected chi connectivity index (χ3v) is 3.03. The van der Waals surface area contributed by atoms with Gasteiger partial charge in [-0.05, 0) is 25.9 Å². The predicted molar refractivity (Wildman–Crippen MR) is 60.7 cm³/mol. The first-order valence-corrected chi connectivity index (χ1v) is 5.93. The number of ether oxygens (including phenoxy) is 1. The van der Waals surface area contributed by atoms with Crippen LogP contribution in [0.3, 0.4) is 0 Å². The minimum Gasteiger partial charge on any atom is -0.379 e. The molecule has 2 saturated heterocycles. The van der Waals surface area contributed by atoms with Crippen molar-refractivity contribution in [2.75, 3.05) is 52.5 Å². The van der Waals surface area contributed by atoms with Gasteiger partial charge in [-0.2, -0.15) is 0 Å². The molecule has 3 nitrogen and oxygen atoms in total. The maximum Gasteiger partial charge on any atom is 0.0603 e. The summed E-state index contributed by atoms with van der Waals surface area (Å²) in [6.07, 6.45) is 2.70. The van der Waals surface area contributed by atoms with Crippen molar-refractivity contribution in [1.82, 2.24) is 9.80 Å². The molecule has 2 fully saturated rings. The van der Waals surface area contributed by atoms with Crippen LogP contribution in [0.4, 0.5) is 0 Å². The lowest BCUT2D eigenvalue weighted by molar-refractivity contribution is 0.0443. The van der Waals surface area contributed by atoms with Gasteiger partial charge >= 0.3 is 0 Å². The Kier molecular flexibility index (Phi) is 4.46. The normalized spacial score (nSPS) is 23.7. The van der Waals surface area contributed by atoms with Crippen molar-refractivity contribution in [3.63, 3.8) is 0 Å². The highest BCUT2D eigenvalue weighted by atomic mass is 16.5. The maximum absolute atomic E-state index is 5.29. The molecule has 2 aliphatic rings. The molecule has 2 aliphatic heterocycles. The number of likely N-dealkylation sites (tertiary alicyclic amines) is 1. The van der Waals surface area contributed by atoms with Gasteiger partial charge in [-0.25, -0.2) is 0 Å². The fraction of sp³-hybridized carbons (Fsp3) is 0.833. The molecular weight excluding hydrogens is 188 g/mol. The highest BCUT2D eigenvalue weighted by Gasteiger charge is 2.09. The van der Waals surface area contributed by atoms with Crippen molar-refractivity contribution in [2.45, 2.75) is 12.8 Å². The Balaban J connectivity index is 1.61. The number of hydrogen-bond donors (Lipinski definition) is 0. The third kappa shape index (κ3) is 3.83. The van der Waals surface area contributed by atoms with Crippen LogP contribution in [-0.4, -0.2) is 62.3 Å². The molecule has 2 heterocycles. The van der Waals surface area contributed by atoms with Crippen molar-refractivity contribution >= 4 is 0 Å². The topological polar surface area (TPSA) is 15.7 Å². The standard InChI is InChI=1S/C12H20N2O/c1-2-6-13(5-1)7-3-4-8-14-9-11-15-12-10-14/h1-2,5-12H2. The van der Waals surface area contributed by atoms with Gasteiger partial charge in [-0.1, -0.05) is 11.8 Å². The summed E-state index contributed by atoms with van der Waals surface area (Å²) in [4.78, 5) is 4.80. The summed E-state index contributed by atoms with van der Waals surface area (Å²) >= 11 is 0. The smallest absolute Gasteiger partial charge is 0.0603 e. The van der Waals surface area contributed by atoms with E-state index in [1.165, 1.54) is 25.9 Å². The van der Waals surface area contributed by atoms with Crippen molar-refractivity contribution in [1.29, 1.82) is 0 Å². The highest BCUT2D eigenvalue weighted by Crippen LogP contribution is 2.05. The predicted octanol–water partition coefficient (Wildman–Crippen LogP) is 0.418. The van der Waals surface area contributed by atoms with E-state index in [2.05, 4.69) is 21.6 Å². The van der Waals surface area contributed by atoms with Gasteiger partial charge in [0.25, 0.3) is 0 Å². The van der Waals surface area contributed by atoms with Gasteiger partial charge in [-0.15, -0.1) is 0 Å². The summed E-state index contributed by atoms with van der Waals surface area (Å²) in [5.74, 6) is 6.53. The molecule has 0 amide bonds. The van der Waals surface area contributed by atoms with Crippen LogP contribution in [0.15, 0.2) is 0 Å². The Labute approximate surface area is 92.4 Å². The molecule has 0 N–H and O–H groups in total. The second-order valence-corrected chi connectivity index (χ2v) is 4.23. The van der Waals surface area contributed by atoms with Gasteiger partial charge in [-0.3, -0.25) is 9.80 Å². The third-order valence-electron chi connectivity index (χ3n) is 3.03. The zero-order valence-electron chi connectivity index (χ0n) is 9.37. The monoisotopic (exact) mass is 208 g/mol. The Morgan fingerprint density at radius 2 is 1.33 bits per heavy atom. The lowest BCUT2D eigenvalue weighted by atomic mass is 10.4. The molecular formula is C12H20N2O. The van der Waals surface area contributed by atoms with E-state index in [1.54, 1.807) is 0 Å². The Morgan fingerprint density at radius 1 is 0.800 bits per heavy atom. The largest absolute Gasteiger partial charge is 0.379 e. The quantitative estimate of drug-likeness (QED) is 0.612. The summed E-state index contributed by atoms with van der Waals surface area (Å²) in [5, 5.41) is 0. The molecule has 0 radical (unpaired) electrons. The van der Waals surface area contributed by atoms with Crippen LogP contribution in [0.25, 0.3) is 0 Å². The van der Waals surface area contributed by atoms with E-state index < -0.39 is 0 Å². The van der Waals surface area contributed by atoms with Crippen LogP contribution in [0.2, 0.25) is 0 Å². The van der Waals surface area contributed by atoms with E-state index in [0.29, 0.717) is 0 Å². The number of nitrogens with zero attached hydrogens (tertiary/aromatic N) is 2. The van der Waals surface area contributed by atoms with E-state index in [1.807, 2.05) is 0 Å². The zero-order chi connectivity index (χ0) is 10.3. The average molecular weight is 208 g/mol. The summed E-state index contributed by atoms with van der Waals surface area (Å²) < 4.78 is 5.29. The summed E-state index contributed by atoms with van der Waals surface area (Å²) in [7, 11) is 0. The molecule has 0 unspecified atom stereocenters. The number of rotatable bonds is 2. The minimum atomic E-state index is 0.869. The maximum atomic E-state index is 5.29. The van der Waals surface area contributed by atoms with Crippen LogP contribution in [0, 0.1) is 11.8 Å². The molecule has 0 aromatic rings. The first kappa shape index (κ1) is 10.9. The Hall–Kier alpha value is -0.560. The molecule has 0 saturated carbocycles. The summed E-state index contributed by atoms with van der Waals surface area (Å²) in [6, 6.07) is 0. The molecule has 0 aromatic carbocycles. The van der Waals surface area contributed by atoms with E-state index in [9.17, 15) is 0 Å². The fourth-order valence-corrected chi connectivity index (χ4v) is 2.04. The molecule has 3 heteroatoms. The zero-order valence-corrected chi connectivity index (χ0v) is 9.37. The van der Waals surface area contributed by atoms with Gasteiger partial charge in [0.1, 0.15) is 0 Å². The Morgan fingerprint density at radius 3 is 1.93 bits per heavy atom. The highest BCUT2D eigenvalue weighted by molar-refractivity contribution is 5.03. The molecule has 15 heavy (non-hydrogen) atoms. The summed E-state index contributed by atoms with van der Waals surface area (Å²) in [5.41, 5.74) is 0. The van der Waals surface area contributed by atoms with Gasteiger partial charge in [0, 0.05) is 13.1 Å². The van der Waals surface area contributed by atoms with Gasteiger partial charge in [0.05, 0.1) is 26.3 Å². The van der Waals surface area contributed by atoms with Crippen molar-refractivity contribution < 1.29 is 4.74 Å². The molecule has 0 aromatic heterocycles. The fourth-order valence-electron chi connectivity index (χ4n) is 2.04. The second kappa shape index (κ2) is 6.12. The lowest BCUT2D eigenvalue weighted by Crippen LogP contribution is -2.36. The second-order valence-electron chi connectivity index (χ2n) is 4.23. The lowest BCUT2D eigenvalue weighted by Gasteiger charge is -2.24. The van der Waals surface area contributed by atoms with Crippen LogP contribution in [0.1, 0.15) is 12.8 Å². The summed E-state index contributed by atoms with van der Waals surface area (Å²) in [6.45, 7) is 8.18. The number of hydrogen-bond acceptors (Lipinski definition) is 3. The Bertz CT molecular complexity index is 232. The van der Waals surface area contributed by atoms with Crippen LogP contribution < -0.4 is 0 Å². The molecule has 0 atom stereocenters. The van der Waals surface area contributed by atoms with Gasteiger partial charge in [0.2, 0.25) is 0 Å². The average Bonchev–Trinajstić information content (AvgIpc) is 2.79. The van der Waals surface area contributed by atoms with E-state index in [0.717, 1.165) is 39.4 Å². The van der Waals surface area contributed by atoms with E-state index in [-0.39, 0.29) is 0 Å². The van der Waals surface area contributed by atoms with Crippen LogP contribution in [0.5, 0.6) is 0 Å². The number of morpholine rings is 1. The van der Waals surface area contributed by atoms with E-state index >= 15 is 0 Å². The first-order valence-electron chi connectivity index (χ1n) is 5.93. The van der Waals surface area contributed by atoms with Gasteiger partial charge < -0.3 is 4.74 Å². The molecule has 0 spiro atoms. The van der Waals surface area contributed by atoms with E-state index in [4.69, 9.17) is 4.74 Å². The molecule has 0 aliphatic carbocycles. The van der Waals surface area contributed by atoms with Crippen molar-refractivity contribution in [3.8, 4) is 11.8 Å². The molecule has 84 valence electrons.